The molecule has 0 radical (unpaired) electrons. The van der Waals surface area contributed by atoms with Crippen LogP contribution >= 0.6 is 11.3 Å². The van der Waals surface area contributed by atoms with Gasteiger partial charge in [-0.15, -0.1) is 11.3 Å². The summed E-state index contributed by atoms with van der Waals surface area (Å²) in [6.45, 7) is 0.623. The maximum Gasteiger partial charge on any atom is 0.133 e. The molecule has 0 amide bonds. The summed E-state index contributed by atoms with van der Waals surface area (Å²) in [6.07, 6.45) is 0.679. The van der Waals surface area contributed by atoms with E-state index in [2.05, 4.69) is 12.1 Å². The van der Waals surface area contributed by atoms with Gasteiger partial charge in [0, 0.05) is 23.6 Å². The van der Waals surface area contributed by atoms with Crippen LogP contribution in [0, 0.1) is 5.41 Å². The summed E-state index contributed by atoms with van der Waals surface area (Å²) in [4.78, 5) is 0.759. The fraction of sp³-hybridized carbons (Fsp3) is 0.211. The Kier molecular flexibility index (Phi) is 5.13. The van der Waals surface area contributed by atoms with Crippen LogP contribution in [-0.4, -0.2) is 19.6 Å². The molecule has 3 rings (SSSR count). The van der Waals surface area contributed by atoms with Gasteiger partial charge < -0.3 is 15.2 Å². The Morgan fingerprint density at radius 3 is 2.67 bits per heavy atom. The Morgan fingerprint density at radius 1 is 1.17 bits per heavy atom. The largest absolute Gasteiger partial charge is 0.485 e. The van der Waals surface area contributed by atoms with Gasteiger partial charge in [-0.3, -0.25) is 5.41 Å². The van der Waals surface area contributed by atoms with Gasteiger partial charge in [0.05, 0.1) is 11.5 Å². The van der Waals surface area contributed by atoms with Crippen LogP contribution in [0.1, 0.15) is 23.0 Å². The highest BCUT2D eigenvalue weighted by Gasteiger charge is 2.16. The zero-order chi connectivity index (χ0) is 16.9. The molecule has 0 spiro atoms. The fourth-order valence-corrected chi connectivity index (χ4v) is 3.55. The number of hydrogen-bond donors (Lipinski definition) is 2. The van der Waals surface area contributed by atoms with Crippen LogP contribution in [0.25, 0.3) is 10.1 Å². The molecule has 0 fully saturated rings. The number of benzene rings is 2. The summed E-state index contributed by atoms with van der Waals surface area (Å²) in [7, 11) is 1.70. The van der Waals surface area contributed by atoms with Gasteiger partial charge in [-0.1, -0.05) is 36.4 Å². The van der Waals surface area contributed by atoms with Gasteiger partial charge in [-0.25, -0.2) is 0 Å². The summed E-state index contributed by atoms with van der Waals surface area (Å²) < 4.78 is 12.6. The molecule has 1 atom stereocenters. The molecule has 2 aromatic carbocycles. The van der Waals surface area contributed by atoms with Crippen LogP contribution in [0.4, 0.5) is 0 Å². The van der Waals surface area contributed by atoms with Gasteiger partial charge in [0.25, 0.3) is 0 Å². The highest BCUT2D eigenvalue weighted by Crippen LogP contribution is 2.35. The van der Waals surface area contributed by atoms with Crippen LogP contribution in [0.5, 0.6) is 5.75 Å². The number of amidine groups is 1. The van der Waals surface area contributed by atoms with Crippen molar-refractivity contribution in [3.05, 3.63) is 65.0 Å². The molecular formula is C19H20N2O2S. The van der Waals surface area contributed by atoms with Gasteiger partial charge in [0.15, 0.2) is 0 Å². The Bertz CT molecular complexity index is 830. The molecule has 3 N–H and O–H groups in total. The van der Waals surface area contributed by atoms with E-state index < -0.39 is 0 Å². The zero-order valence-corrected chi connectivity index (χ0v) is 14.3. The Hall–Kier alpha value is -2.37. The molecule has 24 heavy (non-hydrogen) atoms. The topological polar surface area (TPSA) is 68.3 Å². The molecule has 1 unspecified atom stereocenters. The molecule has 5 heteroatoms. The van der Waals surface area contributed by atoms with E-state index in [9.17, 15) is 0 Å². The normalized spacial score (nSPS) is 12.2. The van der Waals surface area contributed by atoms with Crippen molar-refractivity contribution in [2.24, 2.45) is 5.73 Å². The lowest BCUT2D eigenvalue weighted by atomic mass is 10.1. The summed E-state index contributed by atoms with van der Waals surface area (Å²) in [6, 6.07) is 18.0. The van der Waals surface area contributed by atoms with E-state index in [-0.39, 0.29) is 11.9 Å². The molecule has 0 saturated carbocycles. The van der Waals surface area contributed by atoms with Crippen LogP contribution in [0.3, 0.4) is 0 Å². The number of thiophene rings is 1. The van der Waals surface area contributed by atoms with Gasteiger partial charge in [0.2, 0.25) is 0 Å². The minimum atomic E-state index is -0.0857. The summed E-state index contributed by atoms with van der Waals surface area (Å²) >= 11 is 1.51. The second-order valence-corrected chi connectivity index (χ2v) is 6.57. The second kappa shape index (κ2) is 7.47. The van der Waals surface area contributed by atoms with Gasteiger partial charge in [0.1, 0.15) is 17.7 Å². The zero-order valence-electron chi connectivity index (χ0n) is 13.5. The molecule has 124 valence electrons. The van der Waals surface area contributed by atoms with E-state index in [1.54, 1.807) is 7.11 Å². The third-order valence-corrected chi connectivity index (χ3v) is 4.95. The van der Waals surface area contributed by atoms with Gasteiger partial charge in [-0.2, -0.15) is 0 Å². The SMILES string of the molecule is COCCC(Oc1cccc2sc(C(=N)N)cc12)c1ccccc1. The molecule has 0 aliphatic heterocycles. The molecule has 3 aromatic rings. The molecule has 1 aromatic heterocycles. The third-order valence-electron chi connectivity index (χ3n) is 3.81. The van der Waals surface area contributed by atoms with Crippen molar-refractivity contribution < 1.29 is 9.47 Å². The number of hydrogen-bond acceptors (Lipinski definition) is 4. The van der Waals surface area contributed by atoms with Gasteiger partial charge in [-0.05, 0) is 23.8 Å². The predicted octanol–water partition coefficient (Wildman–Crippen LogP) is 4.34. The average Bonchev–Trinajstić information content (AvgIpc) is 3.05. The van der Waals surface area contributed by atoms with Crippen molar-refractivity contribution >= 4 is 27.3 Å². The van der Waals surface area contributed by atoms with Crippen molar-refractivity contribution in [3.8, 4) is 5.75 Å². The number of ether oxygens (including phenoxy) is 2. The lowest BCUT2D eigenvalue weighted by Gasteiger charge is -2.20. The van der Waals surface area contributed by atoms with E-state index in [0.29, 0.717) is 6.61 Å². The lowest BCUT2D eigenvalue weighted by molar-refractivity contribution is 0.127. The summed E-state index contributed by atoms with van der Waals surface area (Å²) in [5, 5.41) is 8.63. The van der Waals surface area contributed by atoms with E-state index in [1.165, 1.54) is 11.3 Å². The number of methoxy groups -OCH3 is 1. The van der Waals surface area contributed by atoms with E-state index >= 15 is 0 Å². The first-order valence-corrected chi connectivity index (χ1v) is 8.58. The quantitative estimate of drug-likeness (QED) is 0.496. The second-order valence-electron chi connectivity index (χ2n) is 5.49. The number of fused-ring (bicyclic) bond motifs is 1. The van der Waals surface area contributed by atoms with Crippen molar-refractivity contribution in [1.82, 2.24) is 0 Å². The minimum Gasteiger partial charge on any atom is -0.485 e. The molecule has 0 saturated heterocycles. The van der Waals surface area contributed by atoms with Gasteiger partial charge >= 0.3 is 0 Å². The van der Waals surface area contributed by atoms with Crippen LogP contribution in [0.15, 0.2) is 54.6 Å². The molecule has 1 heterocycles. The van der Waals surface area contributed by atoms with Crippen LogP contribution in [0.2, 0.25) is 0 Å². The maximum absolute atomic E-state index is 7.64. The Morgan fingerprint density at radius 2 is 1.96 bits per heavy atom. The van der Waals surface area contributed by atoms with Crippen molar-refractivity contribution in [2.45, 2.75) is 12.5 Å². The first-order chi connectivity index (χ1) is 11.7. The molecular weight excluding hydrogens is 320 g/mol. The maximum atomic E-state index is 7.64. The smallest absolute Gasteiger partial charge is 0.133 e. The van der Waals surface area contributed by atoms with E-state index in [0.717, 1.165) is 32.7 Å². The molecule has 0 aliphatic rings. The Balaban J connectivity index is 1.94. The monoisotopic (exact) mass is 340 g/mol. The molecule has 0 aliphatic carbocycles. The Labute approximate surface area is 145 Å². The predicted molar refractivity (Wildman–Crippen MR) is 99.1 cm³/mol. The van der Waals surface area contributed by atoms with Crippen molar-refractivity contribution in [1.29, 1.82) is 5.41 Å². The first kappa shape index (κ1) is 16.5. The van der Waals surface area contributed by atoms with Crippen LogP contribution in [-0.2, 0) is 4.74 Å². The van der Waals surface area contributed by atoms with E-state index in [1.807, 2.05) is 42.5 Å². The third kappa shape index (κ3) is 3.58. The fourth-order valence-electron chi connectivity index (χ4n) is 2.61. The lowest BCUT2D eigenvalue weighted by Crippen LogP contribution is -2.10. The first-order valence-electron chi connectivity index (χ1n) is 7.76. The number of nitrogens with two attached hydrogens (primary N) is 1. The molecule has 4 nitrogen and oxygen atoms in total. The van der Waals surface area contributed by atoms with E-state index in [4.69, 9.17) is 20.6 Å². The number of nitrogen functional groups attached to an aromatic ring is 1. The standard InChI is InChI=1S/C19H20N2O2S/c1-22-11-10-15(13-6-3-2-4-7-13)23-16-8-5-9-17-14(16)12-18(24-17)19(20)21/h2-9,12,15H,10-11H2,1H3,(H3,20,21). The molecule has 0 bridgehead atoms. The highest BCUT2D eigenvalue weighted by molar-refractivity contribution is 7.20. The number of nitrogens with one attached hydrogen (secondary N) is 1. The summed E-state index contributed by atoms with van der Waals surface area (Å²) in [5.74, 6) is 0.891. The summed E-state index contributed by atoms with van der Waals surface area (Å²) in [5.41, 5.74) is 6.74. The highest BCUT2D eigenvalue weighted by atomic mass is 32.1. The number of rotatable bonds is 7. The van der Waals surface area contributed by atoms with Crippen LogP contribution < -0.4 is 10.5 Å². The minimum absolute atomic E-state index is 0.0844. The average molecular weight is 340 g/mol. The van der Waals surface area contributed by atoms with Crippen molar-refractivity contribution in [3.63, 3.8) is 0 Å². The van der Waals surface area contributed by atoms with Crippen molar-refractivity contribution in [2.75, 3.05) is 13.7 Å².